The first kappa shape index (κ1) is 8.82. The summed E-state index contributed by atoms with van der Waals surface area (Å²) in [6.07, 6.45) is 8.41. The molecule has 1 unspecified atom stereocenters. The maximum absolute atomic E-state index is 3.55. The number of rotatable bonds is 2. The lowest BCUT2D eigenvalue weighted by atomic mass is 10.0. The van der Waals surface area contributed by atoms with E-state index in [2.05, 4.69) is 35.2 Å². The molecule has 0 saturated carbocycles. The van der Waals surface area contributed by atoms with Gasteiger partial charge in [-0.3, -0.25) is 0 Å². The summed E-state index contributed by atoms with van der Waals surface area (Å²) in [4.78, 5) is 0. The monoisotopic (exact) mass is 193 g/mol. The van der Waals surface area contributed by atoms with Crippen LogP contribution in [0.25, 0.3) is 0 Å². The molecule has 0 fully saturated rings. The van der Waals surface area contributed by atoms with Crippen LogP contribution in [0.1, 0.15) is 24.8 Å². The number of hydrogen-bond donors (Lipinski definition) is 1. The molecular weight excluding hydrogens is 178 g/mol. The Morgan fingerprint density at radius 1 is 1.46 bits per heavy atom. The molecule has 0 saturated heterocycles. The van der Waals surface area contributed by atoms with Gasteiger partial charge in [-0.15, -0.1) is 11.3 Å². The zero-order valence-electron chi connectivity index (χ0n) is 7.92. The highest BCUT2D eigenvalue weighted by atomic mass is 32.1. The minimum absolute atomic E-state index is 0.557. The zero-order valence-corrected chi connectivity index (χ0v) is 8.73. The lowest BCUT2D eigenvalue weighted by Gasteiger charge is -2.18. The molecule has 1 aliphatic rings. The summed E-state index contributed by atoms with van der Waals surface area (Å²) in [6, 6.07) is 0.557. The van der Waals surface area contributed by atoms with E-state index in [9.17, 15) is 0 Å². The predicted octanol–water partition coefficient (Wildman–Crippen LogP) is 3.58. The van der Waals surface area contributed by atoms with Crippen molar-refractivity contribution in [2.45, 2.75) is 32.2 Å². The summed E-state index contributed by atoms with van der Waals surface area (Å²) in [5.41, 5.74) is 2.67. The van der Waals surface area contributed by atoms with E-state index in [4.69, 9.17) is 0 Å². The Balaban J connectivity index is 2.01. The van der Waals surface area contributed by atoms with Crippen molar-refractivity contribution >= 4 is 17.0 Å². The molecule has 0 radical (unpaired) electrons. The maximum atomic E-state index is 3.55. The topological polar surface area (TPSA) is 12.0 Å². The van der Waals surface area contributed by atoms with Crippen molar-refractivity contribution in [2.75, 3.05) is 5.32 Å². The van der Waals surface area contributed by atoms with Crippen LogP contribution in [0.15, 0.2) is 22.9 Å². The second-order valence-corrected chi connectivity index (χ2v) is 4.32. The molecule has 1 aromatic rings. The van der Waals surface area contributed by atoms with Gasteiger partial charge in [0.05, 0.1) is 0 Å². The fourth-order valence-electron chi connectivity index (χ4n) is 1.64. The molecule has 1 atom stereocenters. The maximum Gasteiger partial charge on any atom is 0.0483 e. The molecule has 1 aliphatic carbocycles. The van der Waals surface area contributed by atoms with E-state index in [0.717, 1.165) is 0 Å². The summed E-state index contributed by atoms with van der Waals surface area (Å²) in [5.74, 6) is 0. The fraction of sp³-hybridized carbons (Fsp3) is 0.455. The van der Waals surface area contributed by atoms with Gasteiger partial charge in [-0.2, -0.15) is 0 Å². The molecule has 2 heteroatoms. The standard InChI is InChI=1S/C11H15NS/c1-9-7-13-8-11(9)12-10-5-3-2-4-6-10/h3,5,7-8,10,12H,2,4,6H2,1H3. The lowest BCUT2D eigenvalue weighted by Crippen LogP contribution is -2.18. The smallest absolute Gasteiger partial charge is 0.0483 e. The van der Waals surface area contributed by atoms with E-state index < -0.39 is 0 Å². The minimum Gasteiger partial charge on any atom is -0.378 e. The van der Waals surface area contributed by atoms with Crippen molar-refractivity contribution in [3.05, 3.63) is 28.5 Å². The van der Waals surface area contributed by atoms with Crippen molar-refractivity contribution < 1.29 is 0 Å². The SMILES string of the molecule is Cc1cscc1NC1C=CCCC1. The highest BCUT2D eigenvalue weighted by Crippen LogP contribution is 2.22. The Morgan fingerprint density at radius 2 is 2.38 bits per heavy atom. The van der Waals surface area contributed by atoms with E-state index in [1.165, 1.54) is 30.5 Å². The molecule has 1 N–H and O–H groups in total. The third-order valence-corrected chi connectivity index (χ3v) is 3.31. The fourth-order valence-corrected chi connectivity index (χ4v) is 2.43. The zero-order chi connectivity index (χ0) is 9.10. The van der Waals surface area contributed by atoms with Crippen LogP contribution in [0, 0.1) is 6.92 Å². The van der Waals surface area contributed by atoms with Gasteiger partial charge in [-0.25, -0.2) is 0 Å². The largest absolute Gasteiger partial charge is 0.378 e. The third kappa shape index (κ3) is 2.13. The second-order valence-electron chi connectivity index (χ2n) is 3.58. The molecule has 0 bridgehead atoms. The van der Waals surface area contributed by atoms with Gasteiger partial charge in [0.15, 0.2) is 0 Å². The number of thiophene rings is 1. The van der Waals surface area contributed by atoms with Gasteiger partial charge in [0.25, 0.3) is 0 Å². The average Bonchev–Trinajstić information content (AvgIpc) is 2.54. The molecule has 13 heavy (non-hydrogen) atoms. The van der Waals surface area contributed by atoms with Crippen LogP contribution in [0.2, 0.25) is 0 Å². The Bertz CT molecular complexity index is 301. The van der Waals surface area contributed by atoms with Gasteiger partial charge < -0.3 is 5.32 Å². The van der Waals surface area contributed by atoms with Crippen LogP contribution in [0.4, 0.5) is 5.69 Å². The van der Waals surface area contributed by atoms with E-state index >= 15 is 0 Å². The van der Waals surface area contributed by atoms with E-state index in [1.807, 2.05) is 0 Å². The van der Waals surface area contributed by atoms with Gasteiger partial charge in [0.2, 0.25) is 0 Å². The van der Waals surface area contributed by atoms with E-state index in [1.54, 1.807) is 11.3 Å². The number of allylic oxidation sites excluding steroid dienone is 1. The first-order valence-electron chi connectivity index (χ1n) is 4.82. The van der Waals surface area contributed by atoms with Crippen LogP contribution in [-0.4, -0.2) is 6.04 Å². The van der Waals surface area contributed by atoms with E-state index in [0.29, 0.717) is 6.04 Å². The molecule has 2 rings (SSSR count). The van der Waals surface area contributed by atoms with Crippen molar-refractivity contribution in [3.63, 3.8) is 0 Å². The molecule has 0 aliphatic heterocycles. The number of anilines is 1. The van der Waals surface area contributed by atoms with Gasteiger partial charge in [-0.05, 0) is 37.1 Å². The molecule has 70 valence electrons. The number of aryl methyl sites for hydroxylation is 1. The summed E-state index contributed by atoms with van der Waals surface area (Å²) in [7, 11) is 0. The van der Waals surface area contributed by atoms with E-state index in [-0.39, 0.29) is 0 Å². The molecule has 1 heterocycles. The lowest BCUT2D eigenvalue weighted by molar-refractivity contribution is 0.673. The summed E-state index contributed by atoms with van der Waals surface area (Å²) in [6.45, 7) is 2.16. The number of hydrogen-bond acceptors (Lipinski definition) is 2. The Morgan fingerprint density at radius 3 is 3.00 bits per heavy atom. The number of nitrogens with one attached hydrogen (secondary N) is 1. The summed E-state index contributed by atoms with van der Waals surface area (Å²) >= 11 is 1.77. The molecule has 0 amide bonds. The van der Waals surface area contributed by atoms with Crippen LogP contribution in [-0.2, 0) is 0 Å². The highest BCUT2D eigenvalue weighted by molar-refractivity contribution is 7.08. The average molecular weight is 193 g/mol. The third-order valence-electron chi connectivity index (χ3n) is 2.45. The Hall–Kier alpha value is -0.760. The molecule has 1 aromatic heterocycles. The van der Waals surface area contributed by atoms with Crippen molar-refractivity contribution in [2.24, 2.45) is 0 Å². The molecular formula is C11H15NS. The molecule has 1 nitrogen and oxygen atoms in total. The van der Waals surface area contributed by atoms with Gasteiger partial charge in [0, 0.05) is 17.1 Å². The molecule has 0 aromatic carbocycles. The van der Waals surface area contributed by atoms with Crippen LogP contribution < -0.4 is 5.32 Å². The first-order chi connectivity index (χ1) is 6.36. The minimum atomic E-state index is 0.557. The van der Waals surface area contributed by atoms with Crippen molar-refractivity contribution in [1.29, 1.82) is 0 Å². The van der Waals surface area contributed by atoms with Crippen molar-refractivity contribution in [1.82, 2.24) is 0 Å². The normalized spacial score (nSPS) is 21.8. The van der Waals surface area contributed by atoms with Crippen molar-refractivity contribution in [3.8, 4) is 0 Å². The predicted molar refractivity (Wildman–Crippen MR) is 59.5 cm³/mol. The molecule has 0 spiro atoms. The highest BCUT2D eigenvalue weighted by Gasteiger charge is 2.08. The Kier molecular flexibility index (Phi) is 2.69. The first-order valence-corrected chi connectivity index (χ1v) is 5.76. The van der Waals surface area contributed by atoms with Crippen LogP contribution >= 0.6 is 11.3 Å². The summed E-state index contributed by atoms with van der Waals surface area (Å²) < 4.78 is 0. The van der Waals surface area contributed by atoms with Gasteiger partial charge >= 0.3 is 0 Å². The van der Waals surface area contributed by atoms with Crippen LogP contribution in [0.5, 0.6) is 0 Å². The quantitative estimate of drug-likeness (QED) is 0.708. The van der Waals surface area contributed by atoms with Gasteiger partial charge in [0.1, 0.15) is 0 Å². The second kappa shape index (κ2) is 3.97. The Labute approximate surface area is 83.5 Å². The summed E-state index contributed by atoms with van der Waals surface area (Å²) in [5, 5.41) is 7.93. The van der Waals surface area contributed by atoms with Crippen LogP contribution in [0.3, 0.4) is 0 Å². The van der Waals surface area contributed by atoms with Gasteiger partial charge in [-0.1, -0.05) is 12.2 Å².